The highest BCUT2D eigenvalue weighted by atomic mass is 15.1. The van der Waals surface area contributed by atoms with Gasteiger partial charge in [-0.1, -0.05) is 121 Å². The summed E-state index contributed by atoms with van der Waals surface area (Å²) in [6, 6.07) is 68.4. The summed E-state index contributed by atoms with van der Waals surface area (Å²) >= 11 is 0. The molecule has 0 aliphatic heterocycles. The lowest BCUT2D eigenvalue weighted by atomic mass is 9.96. The molecule has 2 heterocycles. The summed E-state index contributed by atoms with van der Waals surface area (Å²) in [7, 11) is 0. The molecule has 0 unspecified atom stereocenters. The fraction of sp³-hybridized carbons (Fsp3) is 0. The van der Waals surface area contributed by atoms with Crippen LogP contribution in [-0.4, -0.2) is 14.5 Å². The Balaban J connectivity index is 1.21. The van der Waals surface area contributed by atoms with Crippen LogP contribution in [0, 0.1) is 0 Å². The monoisotopic (exact) mass is 664 g/mol. The first-order chi connectivity index (χ1) is 25.8. The van der Waals surface area contributed by atoms with Gasteiger partial charge in [0.2, 0.25) is 0 Å². The molecule has 52 heavy (non-hydrogen) atoms. The molecule has 4 nitrogen and oxygen atoms in total. The maximum atomic E-state index is 5.27. The van der Waals surface area contributed by atoms with Crippen LogP contribution in [0.15, 0.2) is 194 Å². The van der Waals surface area contributed by atoms with E-state index >= 15 is 0 Å². The average molecular weight is 665 g/mol. The third kappa shape index (κ3) is 4.92. The van der Waals surface area contributed by atoms with Crippen LogP contribution in [0.5, 0.6) is 0 Å². The molecule has 0 radical (unpaired) electrons. The van der Waals surface area contributed by atoms with Crippen LogP contribution in [0.2, 0.25) is 0 Å². The van der Waals surface area contributed by atoms with Crippen molar-refractivity contribution in [2.75, 3.05) is 4.90 Å². The molecule has 0 atom stereocenters. The third-order valence-electron chi connectivity index (χ3n) is 9.96. The highest BCUT2D eigenvalue weighted by Crippen LogP contribution is 2.44. The number of fused-ring (bicyclic) bond motifs is 5. The van der Waals surface area contributed by atoms with Crippen LogP contribution in [0.4, 0.5) is 17.1 Å². The van der Waals surface area contributed by atoms with Crippen LogP contribution in [0.25, 0.3) is 71.8 Å². The second kappa shape index (κ2) is 12.4. The minimum Gasteiger partial charge on any atom is -0.310 e. The van der Waals surface area contributed by atoms with Crippen molar-refractivity contribution in [1.29, 1.82) is 0 Å². The number of aromatic nitrogens is 3. The Hall–Kier alpha value is -7.04. The lowest BCUT2D eigenvalue weighted by Crippen LogP contribution is -2.10. The van der Waals surface area contributed by atoms with E-state index in [0.29, 0.717) is 0 Å². The number of benzene rings is 8. The number of hydrogen-bond donors (Lipinski definition) is 0. The lowest BCUT2D eigenvalue weighted by Gasteiger charge is -2.27. The SMILES string of the molecule is c1ccc(-c2nc3ccccc3nc2-c2ccc(N(c3ccccc3)c3ccc4c(c3)c3ccccc3n4-c3ccccc3)c3ccccc23)cc1. The third-order valence-corrected chi connectivity index (χ3v) is 9.96. The van der Waals surface area contributed by atoms with Crippen molar-refractivity contribution in [2.45, 2.75) is 0 Å². The summed E-state index contributed by atoms with van der Waals surface area (Å²) < 4.78 is 2.36. The van der Waals surface area contributed by atoms with Gasteiger partial charge in [-0.15, -0.1) is 0 Å². The molecule has 0 bridgehead atoms. The molecule has 0 N–H and O–H groups in total. The Bertz CT molecular complexity index is 2900. The Labute approximate surface area is 301 Å². The number of hydrogen-bond acceptors (Lipinski definition) is 3. The summed E-state index contributed by atoms with van der Waals surface area (Å²) in [5, 5.41) is 4.67. The van der Waals surface area contributed by atoms with Crippen LogP contribution in [0.3, 0.4) is 0 Å². The molecule has 0 aliphatic carbocycles. The van der Waals surface area contributed by atoms with E-state index in [9.17, 15) is 0 Å². The van der Waals surface area contributed by atoms with Crippen molar-refractivity contribution in [3.8, 4) is 28.2 Å². The molecule has 10 rings (SSSR count). The molecule has 244 valence electrons. The first kappa shape index (κ1) is 29.8. The van der Waals surface area contributed by atoms with Gasteiger partial charge in [0, 0.05) is 44.3 Å². The molecule has 2 aromatic heterocycles. The largest absolute Gasteiger partial charge is 0.310 e. The molecule has 8 aromatic carbocycles. The van der Waals surface area contributed by atoms with Gasteiger partial charge in [0.1, 0.15) is 0 Å². The summed E-state index contributed by atoms with van der Waals surface area (Å²) in [6.07, 6.45) is 0. The van der Waals surface area contributed by atoms with E-state index in [1.807, 2.05) is 30.3 Å². The zero-order valence-corrected chi connectivity index (χ0v) is 28.3. The molecule has 0 saturated carbocycles. The summed E-state index contributed by atoms with van der Waals surface area (Å²) in [4.78, 5) is 12.8. The van der Waals surface area contributed by atoms with Gasteiger partial charge >= 0.3 is 0 Å². The Kier molecular flexibility index (Phi) is 7.10. The first-order valence-corrected chi connectivity index (χ1v) is 17.6. The number of rotatable bonds is 6. The minimum absolute atomic E-state index is 0.869. The molecule has 4 heteroatoms. The van der Waals surface area contributed by atoms with Crippen molar-refractivity contribution in [1.82, 2.24) is 14.5 Å². The van der Waals surface area contributed by atoms with E-state index in [-0.39, 0.29) is 0 Å². The Morgan fingerprint density at radius 1 is 0.385 bits per heavy atom. The predicted octanol–water partition coefficient (Wildman–Crippen LogP) is 12.7. The smallest absolute Gasteiger partial charge is 0.0979 e. The van der Waals surface area contributed by atoms with Crippen molar-refractivity contribution in [3.05, 3.63) is 194 Å². The van der Waals surface area contributed by atoms with Crippen molar-refractivity contribution in [3.63, 3.8) is 0 Å². The minimum atomic E-state index is 0.869. The zero-order valence-electron chi connectivity index (χ0n) is 28.3. The number of nitrogens with zero attached hydrogens (tertiary/aromatic N) is 4. The van der Waals surface area contributed by atoms with E-state index in [0.717, 1.165) is 67.1 Å². The van der Waals surface area contributed by atoms with E-state index in [2.05, 4.69) is 173 Å². The lowest BCUT2D eigenvalue weighted by molar-refractivity contribution is 1.18. The van der Waals surface area contributed by atoms with Crippen LogP contribution in [0.1, 0.15) is 0 Å². The van der Waals surface area contributed by atoms with Gasteiger partial charge in [0.05, 0.1) is 39.1 Å². The fourth-order valence-electron chi connectivity index (χ4n) is 7.63. The molecule has 0 amide bonds. The van der Waals surface area contributed by atoms with E-state index in [1.165, 1.54) is 21.8 Å². The Morgan fingerprint density at radius 3 is 1.71 bits per heavy atom. The quantitative estimate of drug-likeness (QED) is 0.177. The summed E-state index contributed by atoms with van der Waals surface area (Å²) in [6.45, 7) is 0. The predicted molar refractivity (Wildman–Crippen MR) is 217 cm³/mol. The van der Waals surface area contributed by atoms with Gasteiger partial charge in [0.25, 0.3) is 0 Å². The van der Waals surface area contributed by atoms with Gasteiger partial charge in [0.15, 0.2) is 0 Å². The molecule has 0 fully saturated rings. The Morgan fingerprint density at radius 2 is 0.962 bits per heavy atom. The molecular formula is C48H32N4. The van der Waals surface area contributed by atoms with Crippen molar-refractivity contribution >= 4 is 60.7 Å². The average Bonchev–Trinajstić information content (AvgIpc) is 3.55. The maximum Gasteiger partial charge on any atom is 0.0979 e. The maximum absolute atomic E-state index is 5.27. The first-order valence-electron chi connectivity index (χ1n) is 17.6. The van der Waals surface area contributed by atoms with Crippen LogP contribution >= 0.6 is 0 Å². The number of para-hydroxylation sites is 5. The normalized spacial score (nSPS) is 11.5. The molecule has 0 saturated heterocycles. The highest BCUT2D eigenvalue weighted by Gasteiger charge is 2.22. The van der Waals surface area contributed by atoms with E-state index in [1.54, 1.807) is 0 Å². The zero-order chi connectivity index (χ0) is 34.4. The standard InChI is InChI=1S/C48H32N4/c1-4-16-33(17-5-1)47-48(50-43-26-14-13-25-42(43)49-47)40-29-31-45(38-23-11-10-22-37(38)40)51(34-18-6-2-7-19-34)36-28-30-46-41(32-36)39-24-12-15-27-44(39)52(46)35-20-8-3-9-21-35/h1-32H. The fourth-order valence-corrected chi connectivity index (χ4v) is 7.63. The molecule has 10 aromatic rings. The van der Waals surface area contributed by atoms with Gasteiger partial charge in [-0.3, -0.25) is 0 Å². The summed E-state index contributed by atoms with van der Waals surface area (Å²) in [5.74, 6) is 0. The molecule has 0 aliphatic rings. The van der Waals surface area contributed by atoms with Crippen LogP contribution in [-0.2, 0) is 0 Å². The van der Waals surface area contributed by atoms with E-state index < -0.39 is 0 Å². The second-order valence-electron chi connectivity index (χ2n) is 13.0. The number of anilines is 3. The highest BCUT2D eigenvalue weighted by molar-refractivity contribution is 6.12. The van der Waals surface area contributed by atoms with Crippen molar-refractivity contribution in [2.24, 2.45) is 0 Å². The van der Waals surface area contributed by atoms with Crippen LogP contribution < -0.4 is 4.90 Å². The van der Waals surface area contributed by atoms with Crippen molar-refractivity contribution < 1.29 is 0 Å². The summed E-state index contributed by atoms with van der Waals surface area (Å²) in [5.41, 5.74) is 12.4. The second-order valence-corrected chi connectivity index (χ2v) is 13.0. The van der Waals surface area contributed by atoms with Gasteiger partial charge < -0.3 is 9.47 Å². The van der Waals surface area contributed by atoms with Gasteiger partial charge in [-0.2, -0.15) is 0 Å². The van der Waals surface area contributed by atoms with Gasteiger partial charge in [-0.25, -0.2) is 9.97 Å². The molecular weight excluding hydrogens is 633 g/mol. The van der Waals surface area contributed by atoms with Gasteiger partial charge in [-0.05, 0) is 78.2 Å². The topological polar surface area (TPSA) is 34.0 Å². The molecule has 0 spiro atoms. The van der Waals surface area contributed by atoms with E-state index in [4.69, 9.17) is 9.97 Å².